The Labute approximate surface area is 199 Å². The molecule has 2 aliphatic rings. The van der Waals surface area contributed by atoms with Crippen molar-refractivity contribution in [3.63, 3.8) is 0 Å². The maximum absolute atomic E-state index is 12.4. The van der Waals surface area contributed by atoms with Gasteiger partial charge in [-0.2, -0.15) is 0 Å². The highest BCUT2D eigenvalue weighted by Gasteiger charge is 2.48. The number of hydrogen-bond donors (Lipinski definition) is 5. The predicted octanol–water partition coefficient (Wildman–Crippen LogP) is -0.912. The van der Waals surface area contributed by atoms with Gasteiger partial charge in [0.05, 0.1) is 12.9 Å². The lowest BCUT2D eigenvalue weighted by Crippen LogP contribution is -2.43. The molecule has 2 amide bonds. The van der Waals surface area contributed by atoms with Crippen LogP contribution in [0.1, 0.15) is 35.3 Å². The third kappa shape index (κ3) is 4.65. The van der Waals surface area contributed by atoms with Gasteiger partial charge in [0.1, 0.15) is 17.7 Å². The molecule has 12 heteroatoms. The Bertz CT molecular complexity index is 1330. The highest BCUT2D eigenvalue weighted by Crippen LogP contribution is 2.33. The number of carbonyl (C=O) groups is 2. The summed E-state index contributed by atoms with van der Waals surface area (Å²) in [4.78, 5) is 37.2. The van der Waals surface area contributed by atoms with Gasteiger partial charge < -0.3 is 31.3 Å². The molecule has 0 bridgehead atoms. The van der Waals surface area contributed by atoms with E-state index in [0.29, 0.717) is 5.56 Å². The molecule has 1 saturated heterocycles. The molecule has 0 radical (unpaired) electrons. The van der Waals surface area contributed by atoms with Crippen molar-refractivity contribution in [2.24, 2.45) is 0 Å². The van der Waals surface area contributed by atoms with Gasteiger partial charge in [-0.1, -0.05) is 24.1 Å². The van der Waals surface area contributed by atoms with Gasteiger partial charge in [0.2, 0.25) is 5.82 Å². The van der Waals surface area contributed by atoms with Crippen LogP contribution in [0.4, 0.5) is 5.82 Å². The van der Waals surface area contributed by atoms with E-state index in [4.69, 9.17) is 10.5 Å². The summed E-state index contributed by atoms with van der Waals surface area (Å²) in [5, 5.41) is 26.4. The summed E-state index contributed by atoms with van der Waals surface area (Å²) in [5.74, 6) is 4.90. The van der Waals surface area contributed by atoms with E-state index >= 15 is 0 Å². The molecule has 6 N–H and O–H groups in total. The van der Waals surface area contributed by atoms with Crippen LogP contribution in [0.3, 0.4) is 0 Å². The molecule has 1 unspecified atom stereocenters. The third-order valence-electron chi connectivity index (χ3n) is 5.72. The molecule has 1 aliphatic carbocycles. The molecule has 0 spiro atoms. The van der Waals surface area contributed by atoms with E-state index in [2.05, 4.69) is 37.4 Å². The van der Waals surface area contributed by atoms with Crippen molar-refractivity contribution < 1.29 is 24.5 Å². The number of hydrogen-bond acceptors (Lipinski definition) is 9. The molecular formula is C23H23N7O5. The third-order valence-corrected chi connectivity index (χ3v) is 5.72. The van der Waals surface area contributed by atoms with Crippen LogP contribution in [0.5, 0.6) is 0 Å². The number of nitrogen functional groups attached to an aromatic ring is 1. The molecule has 1 saturated carbocycles. The van der Waals surface area contributed by atoms with E-state index < -0.39 is 30.4 Å². The van der Waals surface area contributed by atoms with Gasteiger partial charge in [0.15, 0.2) is 23.8 Å². The second kappa shape index (κ2) is 9.30. The van der Waals surface area contributed by atoms with Crippen LogP contribution in [-0.2, 0) is 9.53 Å². The van der Waals surface area contributed by atoms with Crippen LogP contribution < -0.4 is 16.4 Å². The number of fused-ring (bicyclic) bond motifs is 1. The Morgan fingerprint density at radius 1 is 1.17 bits per heavy atom. The van der Waals surface area contributed by atoms with Crippen LogP contribution in [0.2, 0.25) is 0 Å². The molecule has 180 valence electrons. The first-order chi connectivity index (χ1) is 16.9. The topological polar surface area (TPSA) is 178 Å². The van der Waals surface area contributed by atoms with Crippen molar-refractivity contribution in [1.82, 2.24) is 30.2 Å². The summed E-state index contributed by atoms with van der Waals surface area (Å²) in [6.07, 6.45) is -2.09. The average Bonchev–Trinajstić information content (AvgIpc) is 3.49. The first-order valence-corrected chi connectivity index (χ1v) is 11.1. The SMILES string of the molecule is Nc1nc(C#CCNC(=O)c2ccccc2)nc2c1ncn2[C@@H]1O[C@H](C(=O)NC2CC2)[C@@H](O)C1O. The van der Waals surface area contributed by atoms with Crippen molar-refractivity contribution in [1.29, 1.82) is 0 Å². The van der Waals surface area contributed by atoms with Crippen LogP contribution >= 0.6 is 0 Å². The lowest BCUT2D eigenvalue weighted by Gasteiger charge is -2.16. The predicted molar refractivity (Wildman–Crippen MR) is 122 cm³/mol. The fourth-order valence-corrected chi connectivity index (χ4v) is 3.74. The summed E-state index contributed by atoms with van der Waals surface area (Å²) in [6, 6.07) is 8.81. The number of aliphatic hydroxyl groups excluding tert-OH is 2. The maximum atomic E-state index is 12.4. The molecule has 3 heterocycles. The lowest BCUT2D eigenvalue weighted by atomic mass is 10.1. The number of imidazole rings is 1. The first kappa shape index (κ1) is 22.7. The van der Waals surface area contributed by atoms with Crippen molar-refractivity contribution in [2.45, 2.75) is 43.4 Å². The van der Waals surface area contributed by atoms with Gasteiger partial charge in [-0.3, -0.25) is 14.2 Å². The molecule has 3 aromatic rings. The summed E-state index contributed by atoms with van der Waals surface area (Å²) in [6.45, 7) is 0.0583. The van der Waals surface area contributed by atoms with Crippen molar-refractivity contribution in [2.75, 3.05) is 12.3 Å². The zero-order valence-electron chi connectivity index (χ0n) is 18.5. The standard InChI is InChI=1S/C23H23N7O5/c24-19-15-20(29-14(28-19)7-4-10-25-21(33)12-5-2-1-3-6-12)30(11-26-15)23-17(32)16(31)18(35-23)22(34)27-13-8-9-13/h1-3,5-6,11,13,16-18,23,31-32H,8-10H2,(H,25,33)(H,27,34)(H2,24,28,29)/t16-,17?,18-,23+/m0/s1. The minimum atomic E-state index is -1.43. The van der Waals surface area contributed by atoms with E-state index in [1.807, 2.05) is 6.07 Å². The number of anilines is 1. The molecule has 5 rings (SSSR count). The Kier molecular flexibility index (Phi) is 6.04. The number of carbonyl (C=O) groups excluding carboxylic acids is 2. The number of nitrogens with one attached hydrogen (secondary N) is 2. The monoisotopic (exact) mass is 477 g/mol. The highest BCUT2D eigenvalue weighted by molar-refractivity contribution is 5.94. The average molecular weight is 477 g/mol. The van der Waals surface area contributed by atoms with Crippen molar-refractivity contribution >= 4 is 28.8 Å². The fourth-order valence-electron chi connectivity index (χ4n) is 3.74. The van der Waals surface area contributed by atoms with E-state index in [9.17, 15) is 19.8 Å². The molecule has 35 heavy (non-hydrogen) atoms. The summed E-state index contributed by atoms with van der Waals surface area (Å²) in [5.41, 5.74) is 7.00. The molecule has 2 aromatic heterocycles. The molecule has 1 aromatic carbocycles. The van der Waals surface area contributed by atoms with Crippen LogP contribution in [-0.4, -0.2) is 72.4 Å². The number of aromatic nitrogens is 4. The summed E-state index contributed by atoms with van der Waals surface area (Å²) >= 11 is 0. The van der Waals surface area contributed by atoms with Gasteiger partial charge >= 0.3 is 0 Å². The second-order valence-corrected chi connectivity index (χ2v) is 8.32. The van der Waals surface area contributed by atoms with Gasteiger partial charge in [-0.05, 0) is 30.9 Å². The Morgan fingerprint density at radius 2 is 1.94 bits per heavy atom. The number of rotatable bonds is 5. The van der Waals surface area contributed by atoms with E-state index in [-0.39, 0.29) is 41.3 Å². The van der Waals surface area contributed by atoms with Crippen LogP contribution in [0.25, 0.3) is 11.2 Å². The smallest absolute Gasteiger partial charge is 0.252 e. The Balaban J connectivity index is 1.33. The van der Waals surface area contributed by atoms with Gasteiger partial charge in [-0.15, -0.1) is 0 Å². The zero-order valence-corrected chi connectivity index (χ0v) is 18.5. The number of nitrogens with two attached hydrogens (primary N) is 1. The lowest BCUT2D eigenvalue weighted by molar-refractivity contribution is -0.137. The zero-order chi connectivity index (χ0) is 24.5. The molecular weight excluding hydrogens is 454 g/mol. The minimum absolute atomic E-state index is 0.0578. The number of nitrogens with zero attached hydrogens (tertiary/aromatic N) is 4. The van der Waals surface area contributed by atoms with Crippen LogP contribution in [0.15, 0.2) is 36.7 Å². The largest absolute Gasteiger partial charge is 0.387 e. The fraction of sp³-hybridized carbons (Fsp3) is 0.348. The Morgan fingerprint density at radius 3 is 2.69 bits per heavy atom. The minimum Gasteiger partial charge on any atom is -0.387 e. The van der Waals surface area contributed by atoms with Crippen molar-refractivity contribution in [3.05, 3.63) is 48.0 Å². The molecule has 1 aliphatic heterocycles. The number of amides is 2. The van der Waals surface area contributed by atoms with Crippen molar-refractivity contribution in [3.8, 4) is 11.8 Å². The van der Waals surface area contributed by atoms with Crippen LogP contribution in [0, 0.1) is 11.8 Å². The second-order valence-electron chi connectivity index (χ2n) is 8.32. The highest BCUT2D eigenvalue weighted by atomic mass is 16.6. The van der Waals surface area contributed by atoms with Gasteiger partial charge in [0.25, 0.3) is 11.8 Å². The Hall–Kier alpha value is -4.05. The maximum Gasteiger partial charge on any atom is 0.252 e. The summed E-state index contributed by atoms with van der Waals surface area (Å²) < 4.78 is 7.08. The normalized spacial score (nSPS) is 23.5. The molecule has 4 atom stereocenters. The van der Waals surface area contributed by atoms with Gasteiger partial charge in [-0.25, -0.2) is 15.0 Å². The molecule has 2 fully saturated rings. The number of aliphatic hydroxyl groups is 2. The van der Waals surface area contributed by atoms with E-state index in [0.717, 1.165) is 12.8 Å². The first-order valence-electron chi connectivity index (χ1n) is 11.1. The summed E-state index contributed by atoms with van der Waals surface area (Å²) in [7, 11) is 0. The van der Waals surface area contributed by atoms with E-state index in [1.54, 1.807) is 24.3 Å². The number of ether oxygens (including phenoxy) is 1. The van der Waals surface area contributed by atoms with Gasteiger partial charge in [0, 0.05) is 11.6 Å². The quantitative estimate of drug-likeness (QED) is 0.291. The number of benzene rings is 1. The molecule has 12 nitrogen and oxygen atoms in total. The van der Waals surface area contributed by atoms with E-state index in [1.165, 1.54) is 10.9 Å².